The smallest absolute Gasteiger partial charge is 0.275 e. The van der Waals surface area contributed by atoms with Crippen molar-refractivity contribution in [3.05, 3.63) is 75.8 Å². The Morgan fingerprint density at radius 2 is 1.58 bits per heavy atom. The fraction of sp³-hybridized carbons (Fsp3) is 0.150. The number of anilines is 2. The molecular weight excluding hydrogens is 346 g/mol. The number of amides is 2. The second-order valence-corrected chi connectivity index (χ2v) is 6.94. The number of thiazole rings is 1. The van der Waals surface area contributed by atoms with Crippen LogP contribution in [0.25, 0.3) is 0 Å². The van der Waals surface area contributed by atoms with Gasteiger partial charge in [-0.2, -0.15) is 0 Å². The second kappa shape index (κ2) is 7.49. The Morgan fingerprint density at radius 1 is 0.923 bits per heavy atom. The zero-order valence-corrected chi connectivity index (χ0v) is 15.6. The summed E-state index contributed by atoms with van der Waals surface area (Å²) in [4.78, 5) is 28.9. The van der Waals surface area contributed by atoms with Crippen LogP contribution in [0.2, 0.25) is 0 Å². The predicted molar refractivity (Wildman–Crippen MR) is 105 cm³/mol. The van der Waals surface area contributed by atoms with Crippen LogP contribution < -0.4 is 10.6 Å². The summed E-state index contributed by atoms with van der Waals surface area (Å²) in [5.74, 6) is -0.548. The maximum atomic E-state index is 12.5. The van der Waals surface area contributed by atoms with Gasteiger partial charge in [-0.25, -0.2) is 4.98 Å². The van der Waals surface area contributed by atoms with E-state index in [4.69, 9.17) is 0 Å². The van der Waals surface area contributed by atoms with E-state index in [0.29, 0.717) is 10.7 Å². The molecule has 0 spiro atoms. The van der Waals surface area contributed by atoms with Crippen molar-refractivity contribution in [2.45, 2.75) is 20.8 Å². The number of hydrogen-bond acceptors (Lipinski definition) is 4. The number of carbonyl (C=O) groups is 2. The molecule has 6 heteroatoms. The maximum Gasteiger partial charge on any atom is 0.275 e. The van der Waals surface area contributed by atoms with Crippen LogP contribution in [0.5, 0.6) is 0 Å². The summed E-state index contributed by atoms with van der Waals surface area (Å²) < 4.78 is 0. The van der Waals surface area contributed by atoms with Crippen molar-refractivity contribution in [3.8, 4) is 0 Å². The van der Waals surface area contributed by atoms with Crippen LogP contribution >= 0.6 is 11.3 Å². The lowest BCUT2D eigenvalue weighted by molar-refractivity contribution is 0.101. The quantitative estimate of drug-likeness (QED) is 0.711. The number of aryl methyl sites for hydroxylation is 3. The van der Waals surface area contributed by atoms with Crippen molar-refractivity contribution in [1.82, 2.24) is 4.98 Å². The first-order chi connectivity index (χ1) is 12.4. The molecule has 2 aromatic carbocycles. The van der Waals surface area contributed by atoms with Crippen molar-refractivity contribution in [3.63, 3.8) is 0 Å². The third kappa shape index (κ3) is 3.97. The van der Waals surface area contributed by atoms with Crippen molar-refractivity contribution in [1.29, 1.82) is 0 Å². The molecule has 0 aliphatic heterocycles. The molecular formula is C20H19N3O2S. The number of benzene rings is 2. The van der Waals surface area contributed by atoms with Crippen molar-refractivity contribution in [2.24, 2.45) is 0 Å². The maximum absolute atomic E-state index is 12.5. The number of aromatic nitrogens is 1. The summed E-state index contributed by atoms with van der Waals surface area (Å²) >= 11 is 1.22. The fourth-order valence-electron chi connectivity index (χ4n) is 2.75. The summed E-state index contributed by atoms with van der Waals surface area (Å²) in [6.07, 6.45) is 0. The third-order valence-corrected chi connectivity index (χ3v) is 4.67. The van der Waals surface area contributed by atoms with Crippen LogP contribution in [0.3, 0.4) is 0 Å². The Labute approximate surface area is 156 Å². The van der Waals surface area contributed by atoms with E-state index >= 15 is 0 Å². The number of nitrogens with one attached hydrogen (secondary N) is 2. The zero-order chi connectivity index (χ0) is 18.7. The molecule has 26 heavy (non-hydrogen) atoms. The van der Waals surface area contributed by atoms with Crippen molar-refractivity contribution >= 4 is 34.0 Å². The molecule has 1 aromatic heterocycles. The average Bonchev–Trinajstić information content (AvgIpc) is 3.07. The van der Waals surface area contributed by atoms with Gasteiger partial charge >= 0.3 is 0 Å². The summed E-state index contributed by atoms with van der Waals surface area (Å²) in [6.45, 7) is 5.94. The third-order valence-electron chi connectivity index (χ3n) is 3.91. The normalized spacial score (nSPS) is 10.4. The van der Waals surface area contributed by atoms with Gasteiger partial charge in [0.2, 0.25) is 0 Å². The highest BCUT2D eigenvalue weighted by atomic mass is 32.1. The van der Waals surface area contributed by atoms with Crippen molar-refractivity contribution < 1.29 is 9.59 Å². The molecule has 0 radical (unpaired) electrons. The fourth-order valence-corrected chi connectivity index (χ4v) is 3.43. The number of nitrogens with zero attached hydrogens (tertiary/aromatic N) is 1. The van der Waals surface area contributed by atoms with Gasteiger partial charge < -0.3 is 5.32 Å². The molecule has 2 N–H and O–H groups in total. The molecule has 3 aromatic rings. The number of carbonyl (C=O) groups excluding carboxylic acids is 2. The van der Waals surface area contributed by atoms with Gasteiger partial charge in [0.1, 0.15) is 5.69 Å². The van der Waals surface area contributed by atoms with Crippen LogP contribution in [0.4, 0.5) is 10.8 Å². The Bertz CT molecular complexity index is 941. The molecule has 0 aliphatic rings. The lowest BCUT2D eigenvalue weighted by atomic mass is 10.1. The van der Waals surface area contributed by atoms with Gasteiger partial charge in [0.05, 0.1) is 0 Å². The monoisotopic (exact) mass is 365 g/mol. The van der Waals surface area contributed by atoms with Crippen LogP contribution in [0, 0.1) is 20.8 Å². The molecule has 0 aliphatic carbocycles. The van der Waals surface area contributed by atoms with Gasteiger partial charge in [-0.1, -0.05) is 35.9 Å². The standard InChI is InChI=1S/C20H19N3O2S/c1-12-9-13(2)17(14(3)10-12)22-19(25)16-11-26-20(21-16)23-18(24)15-7-5-4-6-8-15/h4-11H,1-3H3,(H,22,25)(H,21,23,24). The van der Waals surface area contributed by atoms with Crippen LogP contribution in [0.15, 0.2) is 47.8 Å². The largest absolute Gasteiger partial charge is 0.320 e. The second-order valence-electron chi connectivity index (χ2n) is 6.09. The Hall–Kier alpha value is -2.99. The summed E-state index contributed by atoms with van der Waals surface area (Å²) in [7, 11) is 0. The first-order valence-corrected chi connectivity index (χ1v) is 9.03. The van der Waals surface area contributed by atoms with E-state index in [-0.39, 0.29) is 17.5 Å². The molecule has 132 valence electrons. The van der Waals surface area contributed by atoms with Crippen molar-refractivity contribution in [2.75, 3.05) is 10.6 Å². The highest BCUT2D eigenvalue weighted by molar-refractivity contribution is 7.14. The minimum atomic E-state index is -0.295. The molecule has 0 fully saturated rings. The summed E-state index contributed by atoms with van der Waals surface area (Å²) in [6, 6.07) is 12.9. The topological polar surface area (TPSA) is 71.1 Å². The van der Waals surface area contributed by atoms with Gasteiger partial charge in [0, 0.05) is 16.6 Å². The van der Waals surface area contributed by atoms with Gasteiger partial charge in [-0.15, -0.1) is 11.3 Å². The summed E-state index contributed by atoms with van der Waals surface area (Å²) in [5.41, 5.74) is 4.77. The van der Waals surface area contributed by atoms with E-state index in [0.717, 1.165) is 22.4 Å². The Morgan fingerprint density at radius 3 is 2.23 bits per heavy atom. The Balaban J connectivity index is 1.72. The van der Waals surface area contributed by atoms with E-state index in [9.17, 15) is 9.59 Å². The van der Waals surface area contributed by atoms with Crippen LogP contribution in [-0.4, -0.2) is 16.8 Å². The van der Waals surface area contributed by atoms with Gasteiger partial charge in [-0.05, 0) is 44.0 Å². The molecule has 0 atom stereocenters. The molecule has 0 saturated carbocycles. The number of rotatable bonds is 4. The van der Waals surface area contributed by atoms with Crippen LogP contribution in [0.1, 0.15) is 37.5 Å². The number of hydrogen-bond donors (Lipinski definition) is 2. The van der Waals surface area contributed by atoms with E-state index < -0.39 is 0 Å². The lowest BCUT2D eigenvalue weighted by Gasteiger charge is -2.11. The SMILES string of the molecule is Cc1cc(C)c(NC(=O)c2csc(NC(=O)c3ccccc3)n2)c(C)c1. The molecule has 0 bridgehead atoms. The van der Waals surface area contributed by atoms with Crippen LogP contribution in [-0.2, 0) is 0 Å². The van der Waals surface area contributed by atoms with Gasteiger partial charge in [-0.3, -0.25) is 14.9 Å². The first kappa shape index (κ1) is 17.8. The van der Waals surface area contributed by atoms with Gasteiger partial charge in [0.25, 0.3) is 11.8 Å². The Kier molecular flexibility index (Phi) is 5.14. The van der Waals surface area contributed by atoms with Gasteiger partial charge in [0.15, 0.2) is 5.13 Å². The molecule has 0 saturated heterocycles. The zero-order valence-electron chi connectivity index (χ0n) is 14.8. The predicted octanol–water partition coefficient (Wildman–Crippen LogP) is 4.57. The minimum Gasteiger partial charge on any atom is -0.320 e. The van der Waals surface area contributed by atoms with E-state index in [1.807, 2.05) is 39.0 Å². The molecule has 5 nitrogen and oxygen atoms in total. The summed E-state index contributed by atoms with van der Waals surface area (Å²) in [5, 5.41) is 7.65. The molecule has 1 heterocycles. The lowest BCUT2D eigenvalue weighted by Crippen LogP contribution is -2.15. The molecule has 0 unspecified atom stereocenters. The average molecular weight is 365 g/mol. The first-order valence-electron chi connectivity index (χ1n) is 8.15. The minimum absolute atomic E-state index is 0.253. The highest BCUT2D eigenvalue weighted by Crippen LogP contribution is 2.23. The molecule has 2 amide bonds. The highest BCUT2D eigenvalue weighted by Gasteiger charge is 2.15. The molecule has 3 rings (SSSR count). The van der Waals surface area contributed by atoms with E-state index in [1.54, 1.807) is 29.6 Å². The van der Waals surface area contributed by atoms with E-state index in [2.05, 4.69) is 15.6 Å². The van der Waals surface area contributed by atoms with E-state index in [1.165, 1.54) is 11.3 Å².